The fourth-order valence-electron chi connectivity index (χ4n) is 1.67. The first-order valence-electron chi connectivity index (χ1n) is 5.18. The average molecular weight is 209 g/mol. The maximum absolute atomic E-state index is 4.46. The Balaban J connectivity index is 1.95. The van der Waals surface area contributed by atoms with Crippen molar-refractivity contribution < 1.29 is 0 Å². The summed E-state index contributed by atoms with van der Waals surface area (Å²) in [5.74, 6) is 0.871. The number of nitrogens with one attached hydrogen (secondary N) is 2. The number of rotatable bonds is 2. The van der Waals surface area contributed by atoms with Crippen molar-refractivity contribution >= 4 is 23.2 Å². The number of benzene rings is 1. The first-order chi connectivity index (χ1) is 7.92. The predicted octanol–water partition coefficient (Wildman–Crippen LogP) is 3.06. The Labute approximate surface area is 92.8 Å². The predicted molar refractivity (Wildman–Crippen MR) is 65.8 cm³/mol. The van der Waals surface area contributed by atoms with Crippen molar-refractivity contribution in [3.63, 3.8) is 0 Å². The number of hydrogen-bond donors (Lipinski definition) is 2. The fraction of sp³-hybridized carbons (Fsp3) is 0. The third kappa shape index (κ3) is 1.63. The smallest absolute Gasteiger partial charge is 0.131 e. The highest BCUT2D eigenvalue weighted by molar-refractivity contribution is 5.78. The summed E-state index contributed by atoms with van der Waals surface area (Å²) in [6.07, 6.45) is 5.86. The van der Waals surface area contributed by atoms with Crippen LogP contribution in [0.2, 0.25) is 0 Å². The van der Waals surface area contributed by atoms with Crippen molar-refractivity contribution in [3.8, 4) is 0 Å². The Bertz CT molecular complexity index is 584. The van der Waals surface area contributed by atoms with Gasteiger partial charge in [0.25, 0.3) is 0 Å². The lowest BCUT2D eigenvalue weighted by Gasteiger charge is -1.84. The SMILES string of the molecule is C(=C/c1nc2ccccc2[nH]1)/c1ccc[nH]1. The molecule has 0 amide bonds. The topological polar surface area (TPSA) is 44.5 Å². The molecular weight excluding hydrogens is 198 g/mol. The van der Waals surface area contributed by atoms with E-state index in [4.69, 9.17) is 0 Å². The lowest BCUT2D eigenvalue weighted by Crippen LogP contribution is -1.73. The molecule has 3 heteroatoms. The van der Waals surface area contributed by atoms with Gasteiger partial charge in [0.15, 0.2) is 0 Å². The second-order valence-electron chi connectivity index (χ2n) is 3.60. The van der Waals surface area contributed by atoms with Crippen LogP contribution in [0.4, 0.5) is 0 Å². The summed E-state index contributed by atoms with van der Waals surface area (Å²) in [6.45, 7) is 0. The normalized spacial score (nSPS) is 11.5. The monoisotopic (exact) mass is 209 g/mol. The number of aromatic amines is 2. The van der Waals surface area contributed by atoms with Crippen LogP contribution in [0.5, 0.6) is 0 Å². The van der Waals surface area contributed by atoms with Crippen molar-refractivity contribution in [1.82, 2.24) is 15.0 Å². The molecule has 0 aliphatic carbocycles. The van der Waals surface area contributed by atoms with Crippen LogP contribution in [0, 0.1) is 0 Å². The van der Waals surface area contributed by atoms with Crippen molar-refractivity contribution in [2.45, 2.75) is 0 Å². The zero-order valence-corrected chi connectivity index (χ0v) is 8.64. The highest BCUT2D eigenvalue weighted by Gasteiger charge is 1.97. The maximum atomic E-state index is 4.46. The second kappa shape index (κ2) is 3.70. The van der Waals surface area contributed by atoms with Crippen LogP contribution < -0.4 is 0 Å². The molecule has 0 saturated heterocycles. The summed E-state index contributed by atoms with van der Waals surface area (Å²) in [7, 11) is 0. The van der Waals surface area contributed by atoms with Crippen molar-refractivity contribution in [2.24, 2.45) is 0 Å². The summed E-state index contributed by atoms with van der Waals surface area (Å²) in [5.41, 5.74) is 3.13. The van der Waals surface area contributed by atoms with Gasteiger partial charge in [-0.1, -0.05) is 12.1 Å². The van der Waals surface area contributed by atoms with E-state index in [1.54, 1.807) is 0 Å². The third-order valence-electron chi connectivity index (χ3n) is 2.45. The molecular formula is C13H11N3. The molecule has 0 radical (unpaired) electrons. The first-order valence-corrected chi connectivity index (χ1v) is 5.18. The molecule has 3 nitrogen and oxygen atoms in total. The molecule has 3 rings (SSSR count). The standard InChI is InChI=1S/C13H11N3/c1-2-6-12-11(5-1)15-13(16-12)8-7-10-4-3-9-14-10/h1-9,14H,(H,15,16)/b8-7-. The van der Waals surface area contributed by atoms with Crippen molar-refractivity contribution in [2.75, 3.05) is 0 Å². The van der Waals surface area contributed by atoms with E-state index in [1.165, 1.54) is 0 Å². The van der Waals surface area contributed by atoms with E-state index in [0.717, 1.165) is 22.6 Å². The van der Waals surface area contributed by atoms with Crippen LogP contribution >= 0.6 is 0 Å². The lowest BCUT2D eigenvalue weighted by atomic mass is 10.3. The molecule has 3 aromatic rings. The number of para-hydroxylation sites is 2. The first kappa shape index (κ1) is 8.97. The summed E-state index contributed by atoms with van der Waals surface area (Å²) < 4.78 is 0. The van der Waals surface area contributed by atoms with Gasteiger partial charge in [-0.15, -0.1) is 0 Å². The minimum absolute atomic E-state index is 0.871. The van der Waals surface area contributed by atoms with Gasteiger partial charge in [0, 0.05) is 11.9 Å². The van der Waals surface area contributed by atoms with E-state index in [0.29, 0.717) is 0 Å². The van der Waals surface area contributed by atoms with Gasteiger partial charge in [0.05, 0.1) is 11.0 Å². The van der Waals surface area contributed by atoms with E-state index in [1.807, 2.05) is 54.7 Å². The number of H-pyrrole nitrogens is 2. The average Bonchev–Trinajstić information content (AvgIpc) is 2.95. The van der Waals surface area contributed by atoms with Crippen molar-refractivity contribution in [3.05, 3.63) is 54.1 Å². The van der Waals surface area contributed by atoms with Gasteiger partial charge in [-0.25, -0.2) is 4.98 Å². The molecule has 2 aromatic heterocycles. The molecule has 0 aliphatic heterocycles. The molecule has 0 spiro atoms. The van der Waals surface area contributed by atoms with Gasteiger partial charge in [0.1, 0.15) is 5.82 Å². The van der Waals surface area contributed by atoms with Crippen molar-refractivity contribution in [1.29, 1.82) is 0 Å². The molecule has 0 saturated carbocycles. The van der Waals surface area contributed by atoms with E-state index in [2.05, 4.69) is 15.0 Å². The maximum Gasteiger partial charge on any atom is 0.131 e. The van der Waals surface area contributed by atoms with Crippen LogP contribution in [0.15, 0.2) is 42.6 Å². The second-order valence-corrected chi connectivity index (χ2v) is 3.60. The Morgan fingerprint density at radius 3 is 2.75 bits per heavy atom. The van der Waals surface area contributed by atoms with E-state index in [-0.39, 0.29) is 0 Å². The number of imidazole rings is 1. The molecule has 0 unspecified atom stereocenters. The zero-order chi connectivity index (χ0) is 10.8. The van der Waals surface area contributed by atoms with Crippen LogP contribution in [0.1, 0.15) is 11.5 Å². The quantitative estimate of drug-likeness (QED) is 0.669. The van der Waals surface area contributed by atoms with Gasteiger partial charge in [-0.3, -0.25) is 0 Å². The Morgan fingerprint density at radius 1 is 1.00 bits per heavy atom. The minimum Gasteiger partial charge on any atom is -0.362 e. The van der Waals surface area contributed by atoms with Gasteiger partial charge in [-0.05, 0) is 36.4 Å². The minimum atomic E-state index is 0.871. The molecule has 0 aliphatic rings. The summed E-state index contributed by atoms with van der Waals surface area (Å²) >= 11 is 0. The molecule has 0 atom stereocenters. The molecule has 2 N–H and O–H groups in total. The zero-order valence-electron chi connectivity index (χ0n) is 8.64. The van der Waals surface area contributed by atoms with Crippen LogP contribution in [0.3, 0.4) is 0 Å². The van der Waals surface area contributed by atoms with Gasteiger partial charge < -0.3 is 9.97 Å². The Morgan fingerprint density at radius 2 is 1.94 bits per heavy atom. The highest BCUT2D eigenvalue weighted by atomic mass is 14.9. The summed E-state index contributed by atoms with van der Waals surface area (Å²) in [4.78, 5) is 10.8. The van der Waals surface area contributed by atoms with Crippen LogP contribution in [-0.4, -0.2) is 15.0 Å². The molecule has 2 heterocycles. The Hall–Kier alpha value is -2.29. The molecule has 16 heavy (non-hydrogen) atoms. The van der Waals surface area contributed by atoms with Gasteiger partial charge >= 0.3 is 0 Å². The number of hydrogen-bond acceptors (Lipinski definition) is 1. The van der Waals surface area contributed by atoms with Gasteiger partial charge in [-0.2, -0.15) is 0 Å². The highest BCUT2D eigenvalue weighted by Crippen LogP contribution is 2.12. The van der Waals surface area contributed by atoms with Gasteiger partial charge in [0.2, 0.25) is 0 Å². The molecule has 0 fully saturated rings. The lowest BCUT2D eigenvalue weighted by molar-refractivity contribution is 1.29. The van der Waals surface area contributed by atoms with Crippen LogP contribution in [0.25, 0.3) is 23.2 Å². The van der Waals surface area contributed by atoms with E-state index >= 15 is 0 Å². The number of fused-ring (bicyclic) bond motifs is 1. The van der Waals surface area contributed by atoms with E-state index in [9.17, 15) is 0 Å². The molecule has 1 aromatic carbocycles. The molecule has 78 valence electrons. The van der Waals surface area contributed by atoms with Crippen LogP contribution in [-0.2, 0) is 0 Å². The number of nitrogens with zero attached hydrogens (tertiary/aromatic N) is 1. The summed E-state index contributed by atoms with van der Waals surface area (Å²) in [5, 5.41) is 0. The Kier molecular flexibility index (Phi) is 2.07. The third-order valence-corrected chi connectivity index (χ3v) is 2.45. The number of aromatic nitrogens is 3. The summed E-state index contributed by atoms with van der Waals surface area (Å²) in [6, 6.07) is 12.0. The van der Waals surface area contributed by atoms with E-state index < -0.39 is 0 Å². The fourth-order valence-corrected chi connectivity index (χ4v) is 1.67. The molecule has 0 bridgehead atoms. The largest absolute Gasteiger partial charge is 0.362 e.